The van der Waals surface area contributed by atoms with Crippen molar-refractivity contribution >= 4 is 11.6 Å². The molecule has 2 aromatic heterocycles. The molecule has 1 atom stereocenters. The van der Waals surface area contributed by atoms with Crippen molar-refractivity contribution in [3.05, 3.63) is 60.0 Å². The Morgan fingerprint density at radius 1 is 1.14 bits per heavy atom. The molecule has 0 radical (unpaired) electrons. The second-order valence-electron chi connectivity index (χ2n) is 6.64. The highest BCUT2D eigenvalue weighted by atomic mass is 16.5. The molecule has 0 saturated carbocycles. The van der Waals surface area contributed by atoms with Crippen LogP contribution in [0.25, 0.3) is 5.65 Å². The fourth-order valence-electron chi connectivity index (χ4n) is 2.86. The Bertz CT molecular complexity index is 920. The molecule has 0 aliphatic rings. The van der Waals surface area contributed by atoms with Crippen LogP contribution in [-0.4, -0.2) is 46.3 Å². The Hall–Kier alpha value is -3.09. The fourth-order valence-corrected chi connectivity index (χ4v) is 2.86. The topological polar surface area (TPSA) is 75.8 Å². The Labute approximate surface area is 165 Å². The fraction of sp³-hybridized carbons (Fsp3) is 0.381. The van der Waals surface area contributed by atoms with Crippen LogP contribution in [0.1, 0.15) is 25.2 Å². The SMILES string of the molecule is CCNC(=NCC(C)Oc1ccccc1C)NCCc1nnc2ccccn12. The quantitative estimate of drug-likeness (QED) is 0.464. The molecule has 1 aromatic carbocycles. The number of ether oxygens (including phenoxy) is 1. The molecular formula is C21H28N6O. The first kappa shape index (κ1) is 19.7. The lowest BCUT2D eigenvalue weighted by Crippen LogP contribution is -2.39. The standard InChI is InChI=1S/C21H28N6O/c1-4-22-21(24-15-17(3)28-18-10-6-5-9-16(18)2)23-13-12-20-26-25-19-11-7-8-14-27(19)20/h5-11,14,17H,4,12-13,15H2,1-3H3,(H2,22,23,24). The monoisotopic (exact) mass is 380 g/mol. The summed E-state index contributed by atoms with van der Waals surface area (Å²) in [6.07, 6.45) is 2.72. The van der Waals surface area contributed by atoms with Gasteiger partial charge < -0.3 is 15.4 Å². The number of hydrogen-bond acceptors (Lipinski definition) is 4. The molecule has 3 rings (SSSR count). The summed E-state index contributed by atoms with van der Waals surface area (Å²) in [6, 6.07) is 13.9. The minimum Gasteiger partial charge on any atom is -0.489 e. The molecule has 0 aliphatic heterocycles. The third-order valence-corrected chi connectivity index (χ3v) is 4.30. The zero-order valence-corrected chi connectivity index (χ0v) is 16.7. The van der Waals surface area contributed by atoms with Crippen LogP contribution in [0, 0.1) is 6.92 Å². The van der Waals surface area contributed by atoms with Crippen molar-refractivity contribution in [3.63, 3.8) is 0 Å². The summed E-state index contributed by atoms with van der Waals surface area (Å²) in [5, 5.41) is 15.1. The number of nitrogens with one attached hydrogen (secondary N) is 2. The van der Waals surface area contributed by atoms with Crippen LogP contribution in [0.2, 0.25) is 0 Å². The first-order valence-corrected chi connectivity index (χ1v) is 9.70. The number of fused-ring (bicyclic) bond motifs is 1. The summed E-state index contributed by atoms with van der Waals surface area (Å²) in [7, 11) is 0. The maximum absolute atomic E-state index is 6.00. The highest BCUT2D eigenvalue weighted by Crippen LogP contribution is 2.17. The van der Waals surface area contributed by atoms with Gasteiger partial charge in [0.05, 0.1) is 6.54 Å². The second-order valence-corrected chi connectivity index (χ2v) is 6.64. The van der Waals surface area contributed by atoms with Gasteiger partial charge in [-0.2, -0.15) is 0 Å². The first-order valence-electron chi connectivity index (χ1n) is 9.70. The van der Waals surface area contributed by atoms with E-state index in [0.29, 0.717) is 13.1 Å². The van der Waals surface area contributed by atoms with Gasteiger partial charge in [-0.15, -0.1) is 10.2 Å². The summed E-state index contributed by atoms with van der Waals surface area (Å²) in [5.74, 6) is 2.61. The molecule has 0 bridgehead atoms. The number of guanidine groups is 1. The predicted octanol–water partition coefficient (Wildman–Crippen LogP) is 2.60. The Morgan fingerprint density at radius 3 is 2.79 bits per heavy atom. The molecule has 0 fully saturated rings. The zero-order valence-electron chi connectivity index (χ0n) is 16.7. The second kappa shape index (κ2) is 9.73. The van der Waals surface area contributed by atoms with Crippen LogP contribution >= 0.6 is 0 Å². The van der Waals surface area contributed by atoms with E-state index in [4.69, 9.17) is 4.74 Å². The summed E-state index contributed by atoms with van der Waals surface area (Å²) in [6.45, 7) is 8.21. The lowest BCUT2D eigenvalue weighted by Gasteiger charge is -2.16. The van der Waals surface area contributed by atoms with Gasteiger partial charge >= 0.3 is 0 Å². The number of aliphatic imine (C=N–C) groups is 1. The lowest BCUT2D eigenvalue weighted by atomic mass is 10.2. The summed E-state index contributed by atoms with van der Waals surface area (Å²) >= 11 is 0. The van der Waals surface area contributed by atoms with E-state index in [0.717, 1.165) is 41.7 Å². The van der Waals surface area contributed by atoms with Crippen molar-refractivity contribution in [2.24, 2.45) is 4.99 Å². The minimum absolute atomic E-state index is 0.0167. The molecule has 148 valence electrons. The molecule has 7 nitrogen and oxygen atoms in total. The summed E-state index contributed by atoms with van der Waals surface area (Å²) in [4.78, 5) is 4.65. The lowest BCUT2D eigenvalue weighted by molar-refractivity contribution is 0.228. The third kappa shape index (κ3) is 5.22. The average molecular weight is 380 g/mol. The van der Waals surface area contributed by atoms with Crippen molar-refractivity contribution in [2.45, 2.75) is 33.3 Å². The van der Waals surface area contributed by atoms with E-state index >= 15 is 0 Å². The van der Waals surface area contributed by atoms with E-state index in [1.54, 1.807) is 0 Å². The molecule has 7 heteroatoms. The number of pyridine rings is 1. The van der Waals surface area contributed by atoms with Gasteiger partial charge in [-0.25, -0.2) is 4.99 Å². The van der Waals surface area contributed by atoms with Crippen molar-refractivity contribution < 1.29 is 4.74 Å². The van der Waals surface area contributed by atoms with Crippen LogP contribution in [0.15, 0.2) is 53.7 Å². The van der Waals surface area contributed by atoms with Gasteiger partial charge in [0, 0.05) is 25.7 Å². The summed E-state index contributed by atoms with van der Waals surface area (Å²) < 4.78 is 8.00. The van der Waals surface area contributed by atoms with E-state index in [-0.39, 0.29) is 6.10 Å². The number of aromatic nitrogens is 3. The van der Waals surface area contributed by atoms with Gasteiger partial charge in [-0.1, -0.05) is 24.3 Å². The molecular weight excluding hydrogens is 352 g/mol. The highest BCUT2D eigenvalue weighted by Gasteiger charge is 2.07. The highest BCUT2D eigenvalue weighted by molar-refractivity contribution is 5.79. The molecule has 1 unspecified atom stereocenters. The van der Waals surface area contributed by atoms with Gasteiger partial charge in [-0.3, -0.25) is 4.40 Å². The number of para-hydroxylation sites is 1. The van der Waals surface area contributed by atoms with E-state index < -0.39 is 0 Å². The zero-order chi connectivity index (χ0) is 19.8. The number of hydrogen-bond donors (Lipinski definition) is 2. The van der Waals surface area contributed by atoms with E-state index in [2.05, 4.69) is 32.7 Å². The van der Waals surface area contributed by atoms with Crippen molar-refractivity contribution in [2.75, 3.05) is 19.6 Å². The van der Waals surface area contributed by atoms with Crippen LogP contribution in [0.5, 0.6) is 5.75 Å². The van der Waals surface area contributed by atoms with E-state index in [9.17, 15) is 0 Å². The van der Waals surface area contributed by atoms with Crippen molar-refractivity contribution in [3.8, 4) is 5.75 Å². The number of aryl methyl sites for hydroxylation is 1. The third-order valence-electron chi connectivity index (χ3n) is 4.30. The largest absolute Gasteiger partial charge is 0.489 e. The molecule has 0 amide bonds. The van der Waals surface area contributed by atoms with Gasteiger partial charge in [-0.05, 0) is 44.5 Å². The maximum atomic E-state index is 6.00. The Kier molecular flexibility index (Phi) is 6.84. The molecule has 0 saturated heterocycles. The molecule has 0 spiro atoms. The number of benzene rings is 1. The molecule has 2 heterocycles. The first-order chi connectivity index (χ1) is 13.7. The average Bonchev–Trinajstić information content (AvgIpc) is 3.11. The van der Waals surface area contributed by atoms with Gasteiger partial charge in [0.2, 0.25) is 0 Å². The van der Waals surface area contributed by atoms with Gasteiger partial charge in [0.1, 0.15) is 17.7 Å². The van der Waals surface area contributed by atoms with E-state index in [1.807, 2.05) is 66.9 Å². The van der Waals surface area contributed by atoms with Crippen molar-refractivity contribution in [1.82, 2.24) is 25.2 Å². The normalized spacial score (nSPS) is 12.8. The smallest absolute Gasteiger partial charge is 0.191 e. The molecule has 0 aliphatic carbocycles. The van der Waals surface area contributed by atoms with Gasteiger partial charge in [0.25, 0.3) is 0 Å². The Balaban J connectivity index is 1.53. The minimum atomic E-state index is -0.0167. The molecule has 28 heavy (non-hydrogen) atoms. The Morgan fingerprint density at radius 2 is 1.96 bits per heavy atom. The number of rotatable bonds is 8. The van der Waals surface area contributed by atoms with Crippen LogP contribution in [0.3, 0.4) is 0 Å². The predicted molar refractivity (Wildman–Crippen MR) is 112 cm³/mol. The summed E-state index contributed by atoms with van der Waals surface area (Å²) in [5.41, 5.74) is 1.99. The van der Waals surface area contributed by atoms with Crippen LogP contribution in [-0.2, 0) is 6.42 Å². The molecule has 3 aromatic rings. The van der Waals surface area contributed by atoms with Crippen molar-refractivity contribution in [1.29, 1.82) is 0 Å². The van der Waals surface area contributed by atoms with Crippen LogP contribution < -0.4 is 15.4 Å². The van der Waals surface area contributed by atoms with Crippen LogP contribution in [0.4, 0.5) is 0 Å². The maximum Gasteiger partial charge on any atom is 0.191 e. The van der Waals surface area contributed by atoms with Gasteiger partial charge in [0.15, 0.2) is 11.6 Å². The molecule has 2 N–H and O–H groups in total. The number of nitrogens with zero attached hydrogens (tertiary/aromatic N) is 4. The van der Waals surface area contributed by atoms with E-state index in [1.165, 1.54) is 0 Å².